The molecule has 2 saturated heterocycles. The van der Waals surface area contributed by atoms with E-state index in [1.54, 1.807) is 0 Å². The lowest BCUT2D eigenvalue weighted by atomic mass is 9.77. The number of nitrogens with one attached hydrogen (secondary N) is 1. The molecule has 112 valence electrons. The van der Waals surface area contributed by atoms with Gasteiger partial charge in [-0.15, -0.1) is 0 Å². The van der Waals surface area contributed by atoms with Gasteiger partial charge in [0, 0.05) is 25.9 Å². The van der Waals surface area contributed by atoms with E-state index in [0.29, 0.717) is 6.04 Å². The highest BCUT2D eigenvalue weighted by Gasteiger charge is 2.40. The van der Waals surface area contributed by atoms with E-state index in [4.69, 9.17) is 9.47 Å². The quantitative estimate of drug-likeness (QED) is 0.752. The third-order valence-corrected chi connectivity index (χ3v) is 4.99. The lowest BCUT2D eigenvalue weighted by Crippen LogP contribution is -2.48. The average Bonchev–Trinajstić information content (AvgIpc) is 2.44. The highest BCUT2D eigenvalue weighted by atomic mass is 16.5. The zero-order valence-corrected chi connectivity index (χ0v) is 12.7. The second kappa shape index (κ2) is 7.61. The van der Waals surface area contributed by atoms with Crippen LogP contribution in [0.2, 0.25) is 0 Å². The minimum atomic E-state index is 0.140. The Morgan fingerprint density at radius 1 is 1.21 bits per heavy atom. The standard InChI is InChI=1S/C16H31NO2/c1-3-4-5-6-15(17-2)14-7-10-19-16(13-14)8-11-18-12-9-16/h14-15,17H,3-13H2,1-2H3. The molecule has 0 aromatic rings. The topological polar surface area (TPSA) is 30.5 Å². The molecule has 2 unspecified atom stereocenters. The first kappa shape index (κ1) is 15.3. The van der Waals surface area contributed by atoms with Crippen molar-refractivity contribution in [3.8, 4) is 0 Å². The Morgan fingerprint density at radius 3 is 2.68 bits per heavy atom. The number of rotatable bonds is 6. The lowest BCUT2D eigenvalue weighted by Gasteiger charge is -2.45. The van der Waals surface area contributed by atoms with E-state index < -0.39 is 0 Å². The van der Waals surface area contributed by atoms with Crippen molar-refractivity contribution < 1.29 is 9.47 Å². The Bertz CT molecular complexity index is 246. The molecule has 2 heterocycles. The summed E-state index contributed by atoms with van der Waals surface area (Å²) in [5.74, 6) is 0.786. The summed E-state index contributed by atoms with van der Waals surface area (Å²) < 4.78 is 11.7. The predicted octanol–water partition coefficient (Wildman–Crippen LogP) is 3.13. The van der Waals surface area contributed by atoms with Crippen molar-refractivity contribution in [1.29, 1.82) is 0 Å². The van der Waals surface area contributed by atoms with Gasteiger partial charge in [-0.05, 0) is 45.1 Å². The van der Waals surface area contributed by atoms with Crippen molar-refractivity contribution in [1.82, 2.24) is 5.32 Å². The van der Waals surface area contributed by atoms with Gasteiger partial charge in [0.15, 0.2) is 0 Å². The van der Waals surface area contributed by atoms with E-state index in [0.717, 1.165) is 38.6 Å². The molecule has 0 aromatic carbocycles. The van der Waals surface area contributed by atoms with Crippen molar-refractivity contribution in [2.24, 2.45) is 5.92 Å². The summed E-state index contributed by atoms with van der Waals surface area (Å²) in [6.45, 7) is 4.98. The average molecular weight is 269 g/mol. The first-order valence-electron chi connectivity index (χ1n) is 8.18. The summed E-state index contributed by atoms with van der Waals surface area (Å²) in [6.07, 6.45) is 9.99. The van der Waals surface area contributed by atoms with Gasteiger partial charge >= 0.3 is 0 Å². The number of hydrogen-bond acceptors (Lipinski definition) is 3. The van der Waals surface area contributed by atoms with Gasteiger partial charge in [-0.3, -0.25) is 0 Å². The van der Waals surface area contributed by atoms with Crippen molar-refractivity contribution in [3.05, 3.63) is 0 Å². The van der Waals surface area contributed by atoms with Gasteiger partial charge in [0.1, 0.15) is 0 Å². The van der Waals surface area contributed by atoms with Gasteiger partial charge in [-0.1, -0.05) is 26.2 Å². The van der Waals surface area contributed by atoms with E-state index in [1.165, 1.54) is 38.5 Å². The minimum absolute atomic E-state index is 0.140. The molecule has 2 aliphatic rings. The third-order valence-electron chi connectivity index (χ3n) is 4.99. The molecule has 2 aliphatic heterocycles. The SMILES string of the molecule is CCCCCC(NC)C1CCOC2(CCOCC2)C1. The van der Waals surface area contributed by atoms with Crippen LogP contribution in [0.15, 0.2) is 0 Å². The van der Waals surface area contributed by atoms with Crippen LogP contribution in [0, 0.1) is 5.92 Å². The monoisotopic (exact) mass is 269 g/mol. The maximum Gasteiger partial charge on any atom is 0.0729 e. The summed E-state index contributed by atoms with van der Waals surface area (Å²) in [5.41, 5.74) is 0.140. The fourth-order valence-electron chi connectivity index (χ4n) is 3.73. The number of hydrogen-bond donors (Lipinski definition) is 1. The van der Waals surface area contributed by atoms with Crippen LogP contribution < -0.4 is 5.32 Å². The molecule has 0 saturated carbocycles. The number of unbranched alkanes of at least 4 members (excludes halogenated alkanes) is 2. The maximum absolute atomic E-state index is 6.15. The largest absolute Gasteiger partial charge is 0.381 e. The van der Waals surface area contributed by atoms with E-state index in [-0.39, 0.29) is 5.60 Å². The fourth-order valence-corrected chi connectivity index (χ4v) is 3.73. The minimum Gasteiger partial charge on any atom is -0.381 e. The molecule has 0 amide bonds. The second-order valence-corrected chi connectivity index (χ2v) is 6.29. The van der Waals surface area contributed by atoms with Crippen LogP contribution in [0.5, 0.6) is 0 Å². The lowest BCUT2D eigenvalue weighted by molar-refractivity contribution is -0.150. The van der Waals surface area contributed by atoms with Gasteiger partial charge in [0.2, 0.25) is 0 Å². The van der Waals surface area contributed by atoms with E-state index in [9.17, 15) is 0 Å². The maximum atomic E-state index is 6.15. The summed E-state index contributed by atoms with van der Waals surface area (Å²) in [5, 5.41) is 3.57. The van der Waals surface area contributed by atoms with Crippen molar-refractivity contribution in [3.63, 3.8) is 0 Å². The molecular formula is C16H31NO2. The molecule has 1 N–H and O–H groups in total. The molecule has 2 atom stereocenters. The molecule has 0 aromatic heterocycles. The van der Waals surface area contributed by atoms with Crippen LogP contribution in [-0.4, -0.2) is 38.5 Å². The third kappa shape index (κ3) is 4.17. The van der Waals surface area contributed by atoms with E-state index in [1.807, 2.05) is 0 Å². The molecule has 0 bridgehead atoms. The molecule has 2 fully saturated rings. The molecule has 0 aliphatic carbocycles. The van der Waals surface area contributed by atoms with Gasteiger partial charge in [-0.25, -0.2) is 0 Å². The van der Waals surface area contributed by atoms with Crippen LogP contribution in [-0.2, 0) is 9.47 Å². The molecule has 3 heteroatoms. The first-order chi connectivity index (χ1) is 9.29. The normalized spacial score (nSPS) is 28.4. The van der Waals surface area contributed by atoms with Gasteiger partial charge < -0.3 is 14.8 Å². The van der Waals surface area contributed by atoms with Crippen molar-refractivity contribution in [2.45, 2.75) is 69.9 Å². The zero-order valence-electron chi connectivity index (χ0n) is 12.7. The number of ether oxygens (including phenoxy) is 2. The zero-order chi connectivity index (χ0) is 13.6. The Kier molecular flexibility index (Phi) is 6.11. The van der Waals surface area contributed by atoms with Crippen LogP contribution in [0.1, 0.15) is 58.3 Å². The molecular weight excluding hydrogens is 238 g/mol. The molecule has 1 spiro atoms. The van der Waals surface area contributed by atoms with Crippen molar-refractivity contribution in [2.75, 3.05) is 26.9 Å². The summed E-state index contributed by atoms with van der Waals surface area (Å²) in [7, 11) is 2.13. The van der Waals surface area contributed by atoms with Gasteiger partial charge in [0.25, 0.3) is 0 Å². The Labute approximate surface area is 118 Å². The predicted molar refractivity (Wildman–Crippen MR) is 78.4 cm³/mol. The Hall–Kier alpha value is -0.120. The van der Waals surface area contributed by atoms with Crippen LogP contribution >= 0.6 is 0 Å². The molecule has 0 radical (unpaired) electrons. The van der Waals surface area contributed by atoms with Gasteiger partial charge in [0.05, 0.1) is 5.60 Å². The molecule has 19 heavy (non-hydrogen) atoms. The Balaban J connectivity index is 1.87. The van der Waals surface area contributed by atoms with Crippen LogP contribution in [0.25, 0.3) is 0 Å². The van der Waals surface area contributed by atoms with E-state index in [2.05, 4.69) is 19.3 Å². The summed E-state index contributed by atoms with van der Waals surface area (Å²) in [6, 6.07) is 0.676. The molecule has 3 nitrogen and oxygen atoms in total. The van der Waals surface area contributed by atoms with Crippen molar-refractivity contribution >= 4 is 0 Å². The van der Waals surface area contributed by atoms with Crippen LogP contribution in [0.4, 0.5) is 0 Å². The Morgan fingerprint density at radius 2 is 2.00 bits per heavy atom. The smallest absolute Gasteiger partial charge is 0.0729 e. The second-order valence-electron chi connectivity index (χ2n) is 6.29. The highest BCUT2D eigenvalue weighted by molar-refractivity contribution is 4.92. The summed E-state index contributed by atoms with van der Waals surface area (Å²) >= 11 is 0. The first-order valence-corrected chi connectivity index (χ1v) is 8.18. The van der Waals surface area contributed by atoms with Crippen LogP contribution in [0.3, 0.4) is 0 Å². The fraction of sp³-hybridized carbons (Fsp3) is 1.00. The van der Waals surface area contributed by atoms with E-state index >= 15 is 0 Å². The molecule has 2 rings (SSSR count). The highest BCUT2D eigenvalue weighted by Crippen LogP contribution is 2.38. The van der Waals surface area contributed by atoms with Gasteiger partial charge in [-0.2, -0.15) is 0 Å². The summed E-state index contributed by atoms with van der Waals surface area (Å²) in [4.78, 5) is 0.